The lowest BCUT2D eigenvalue weighted by Crippen LogP contribution is -2.36. The number of nitrogens with zero attached hydrogens (tertiary/aromatic N) is 2. The standard InChI is InChI=1S/C14H17BClN3O2/c16-12-9-11(14(21)18-5-8-20)1-2-13(12)19-6-3-15(10-17)4-7-19/h1-2,9,20H,3-8H2,(H,18,21). The van der Waals surface area contributed by atoms with Crippen LogP contribution in [0.2, 0.25) is 17.7 Å². The Labute approximate surface area is 129 Å². The highest BCUT2D eigenvalue weighted by atomic mass is 35.5. The lowest BCUT2D eigenvalue weighted by molar-refractivity contribution is 0.0945. The van der Waals surface area contributed by atoms with Crippen LogP contribution in [0.15, 0.2) is 18.2 Å². The van der Waals surface area contributed by atoms with Crippen LogP contribution in [0.5, 0.6) is 0 Å². The van der Waals surface area contributed by atoms with Crippen molar-refractivity contribution < 1.29 is 9.90 Å². The van der Waals surface area contributed by atoms with Crippen molar-refractivity contribution in [3.05, 3.63) is 28.8 Å². The van der Waals surface area contributed by atoms with Crippen LogP contribution in [-0.2, 0) is 0 Å². The maximum absolute atomic E-state index is 11.8. The minimum Gasteiger partial charge on any atom is -0.395 e. The number of hydrogen-bond acceptors (Lipinski definition) is 4. The summed E-state index contributed by atoms with van der Waals surface area (Å²) in [6.45, 7) is 1.86. The van der Waals surface area contributed by atoms with Crippen molar-refractivity contribution in [2.45, 2.75) is 12.6 Å². The van der Waals surface area contributed by atoms with Gasteiger partial charge in [-0.05, 0) is 30.8 Å². The molecule has 1 heterocycles. The van der Waals surface area contributed by atoms with Crippen LogP contribution < -0.4 is 10.2 Å². The molecule has 0 aliphatic carbocycles. The van der Waals surface area contributed by atoms with Crippen LogP contribution in [0.3, 0.4) is 0 Å². The molecule has 2 N–H and O–H groups in total. The summed E-state index contributed by atoms with van der Waals surface area (Å²) in [5.74, 6) is 2.05. The van der Waals surface area contributed by atoms with Crippen molar-refractivity contribution in [3.63, 3.8) is 0 Å². The minimum atomic E-state index is -0.249. The van der Waals surface area contributed by atoms with Gasteiger partial charge >= 0.3 is 0 Å². The van der Waals surface area contributed by atoms with Crippen molar-refractivity contribution in [2.24, 2.45) is 0 Å². The van der Waals surface area contributed by atoms with Crippen molar-refractivity contribution in [1.82, 2.24) is 5.32 Å². The van der Waals surface area contributed by atoms with Gasteiger partial charge in [0.1, 0.15) is 0 Å². The smallest absolute Gasteiger partial charge is 0.271 e. The van der Waals surface area contributed by atoms with Crippen LogP contribution in [0, 0.1) is 11.2 Å². The molecule has 1 fully saturated rings. The molecular formula is C14H17BClN3O2. The fourth-order valence-corrected chi connectivity index (χ4v) is 2.73. The topological polar surface area (TPSA) is 76.4 Å². The van der Waals surface area contributed by atoms with Crippen LogP contribution in [0.25, 0.3) is 0 Å². The summed E-state index contributed by atoms with van der Waals surface area (Å²) in [4.78, 5) is 13.9. The van der Waals surface area contributed by atoms with E-state index in [2.05, 4.69) is 16.2 Å². The summed E-state index contributed by atoms with van der Waals surface area (Å²) in [6.07, 6.45) is 1.68. The highest BCUT2D eigenvalue weighted by Gasteiger charge is 2.24. The van der Waals surface area contributed by atoms with Crippen molar-refractivity contribution in [1.29, 1.82) is 5.26 Å². The van der Waals surface area contributed by atoms with E-state index >= 15 is 0 Å². The van der Waals surface area contributed by atoms with Gasteiger partial charge in [0.05, 0.1) is 17.3 Å². The van der Waals surface area contributed by atoms with Gasteiger partial charge in [0.15, 0.2) is 0 Å². The van der Waals surface area contributed by atoms with E-state index in [9.17, 15) is 4.79 Å². The Morgan fingerprint density at radius 2 is 2.19 bits per heavy atom. The average Bonchev–Trinajstić information content (AvgIpc) is 2.52. The molecule has 1 aromatic rings. The number of benzene rings is 1. The predicted octanol–water partition coefficient (Wildman–Crippen LogP) is 1.44. The van der Waals surface area contributed by atoms with Crippen molar-refractivity contribution in [3.8, 4) is 5.97 Å². The second-order valence-electron chi connectivity index (χ2n) is 5.04. The Balaban J connectivity index is 2.06. The van der Waals surface area contributed by atoms with Gasteiger partial charge in [0.2, 0.25) is 0 Å². The fourth-order valence-electron chi connectivity index (χ4n) is 2.43. The largest absolute Gasteiger partial charge is 0.395 e. The van der Waals surface area contributed by atoms with Gasteiger partial charge in [-0.1, -0.05) is 11.6 Å². The Kier molecular flexibility index (Phi) is 5.48. The Morgan fingerprint density at radius 1 is 1.48 bits per heavy atom. The molecule has 5 nitrogen and oxygen atoms in total. The first-order valence-electron chi connectivity index (χ1n) is 6.99. The first-order valence-corrected chi connectivity index (χ1v) is 7.36. The number of carbonyl (C=O) groups excluding carboxylic acids is 1. The molecule has 0 aromatic heterocycles. The van der Waals surface area contributed by atoms with Gasteiger partial charge in [0, 0.05) is 31.2 Å². The van der Waals surface area contributed by atoms with Crippen LogP contribution in [0.1, 0.15) is 10.4 Å². The lowest BCUT2D eigenvalue weighted by atomic mass is 9.45. The number of anilines is 1. The molecular weight excluding hydrogens is 288 g/mol. The molecule has 21 heavy (non-hydrogen) atoms. The number of aliphatic hydroxyl groups excluding tert-OH is 1. The number of nitrogens with one attached hydrogen (secondary N) is 1. The second kappa shape index (κ2) is 7.35. The summed E-state index contributed by atoms with van der Waals surface area (Å²) < 4.78 is 0. The zero-order valence-electron chi connectivity index (χ0n) is 11.7. The summed E-state index contributed by atoms with van der Waals surface area (Å²) >= 11 is 6.28. The number of hydrogen-bond donors (Lipinski definition) is 2. The molecule has 2 rings (SSSR count). The van der Waals surface area contributed by atoms with E-state index in [4.69, 9.17) is 22.0 Å². The summed E-state index contributed by atoms with van der Waals surface area (Å²) in [6, 6.07) is 5.20. The lowest BCUT2D eigenvalue weighted by Gasteiger charge is -2.30. The number of nitriles is 1. The molecule has 0 radical (unpaired) electrons. The summed E-state index contributed by atoms with van der Waals surface area (Å²) in [5, 5.41) is 20.7. The molecule has 1 amide bonds. The van der Waals surface area contributed by atoms with Crippen molar-refractivity contribution >= 4 is 29.9 Å². The Bertz CT molecular complexity index is 554. The number of amides is 1. The molecule has 7 heteroatoms. The van der Waals surface area contributed by atoms with Crippen LogP contribution in [-0.4, -0.2) is 44.0 Å². The number of aliphatic hydroxyl groups is 1. The highest BCUT2D eigenvalue weighted by Crippen LogP contribution is 2.29. The zero-order chi connectivity index (χ0) is 15.2. The fraction of sp³-hybridized carbons (Fsp3) is 0.429. The van der Waals surface area contributed by atoms with Gasteiger partial charge in [-0.2, -0.15) is 0 Å². The molecule has 0 bridgehead atoms. The van der Waals surface area contributed by atoms with Gasteiger partial charge in [-0.25, -0.2) is 5.26 Å². The molecule has 0 saturated carbocycles. The highest BCUT2D eigenvalue weighted by molar-refractivity contribution is 6.67. The Hall–Kier alpha value is -1.71. The van der Waals surface area contributed by atoms with Crippen molar-refractivity contribution in [2.75, 3.05) is 31.1 Å². The molecule has 1 aliphatic heterocycles. The normalized spacial score (nSPS) is 14.7. The second-order valence-corrected chi connectivity index (χ2v) is 5.44. The maximum atomic E-state index is 11.8. The van der Waals surface area contributed by atoms with Gasteiger partial charge in [-0.15, -0.1) is 0 Å². The van der Waals surface area contributed by atoms with E-state index < -0.39 is 0 Å². The van der Waals surface area contributed by atoms with Gasteiger partial charge < -0.3 is 15.3 Å². The van der Waals surface area contributed by atoms with E-state index in [0.29, 0.717) is 10.6 Å². The number of carbonyl (C=O) groups is 1. The third-order valence-electron chi connectivity index (χ3n) is 3.63. The summed E-state index contributed by atoms with van der Waals surface area (Å²) in [7, 11) is 0. The predicted molar refractivity (Wildman–Crippen MR) is 84.1 cm³/mol. The van der Waals surface area contributed by atoms with E-state index in [0.717, 1.165) is 31.4 Å². The van der Waals surface area contributed by atoms with Crippen LogP contribution in [0.4, 0.5) is 5.69 Å². The molecule has 0 atom stereocenters. The first-order chi connectivity index (χ1) is 10.2. The summed E-state index contributed by atoms with van der Waals surface area (Å²) in [5.41, 5.74) is 1.37. The van der Waals surface area contributed by atoms with E-state index in [-0.39, 0.29) is 25.8 Å². The zero-order valence-corrected chi connectivity index (χ0v) is 12.4. The van der Waals surface area contributed by atoms with Crippen LogP contribution >= 0.6 is 11.6 Å². The third kappa shape index (κ3) is 3.90. The number of rotatable bonds is 4. The first kappa shape index (κ1) is 15.7. The van der Waals surface area contributed by atoms with Gasteiger partial charge in [0.25, 0.3) is 12.6 Å². The Morgan fingerprint density at radius 3 is 2.76 bits per heavy atom. The average molecular weight is 306 g/mol. The molecule has 110 valence electrons. The SMILES string of the molecule is N#CB1CCN(c2ccc(C(=O)NCCO)cc2Cl)CC1. The van der Waals surface area contributed by atoms with E-state index in [1.807, 2.05) is 6.07 Å². The monoisotopic (exact) mass is 305 g/mol. The van der Waals surface area contributed by atoms with E-state index in [1.54, 1.807) is 12.1 Å². The third-order valence-corrected chi connectivity index (χ3v) is 3.93. The molecule has 0 spiro atoms. The molecule has 0 unspecified atom stereocenters. The van der Waals surface area contributed by atoms with Gasteiger partial charge in [-0.3, -0.25) is 4.79 Å². The maximum Gasteiger partial charge on any atom is 0.271 e. The number of halogens is 1. The molecule has 1 saturated heterocycles. The van der Waals surface area contributed by atoms with E-state index in [1.165, 1.54) is 0 Å². The minimum absolute atomic E-state index is 0.0919. The molecule has 1 aliphatic rings. The quantitative estimate of drug-likeness (QED) is 0.825. The molecule has 1 aromatic carbocycles.